The first-order valence-electron chi connectivity index (χ1n) is 6.82. The van der Waals surface area contributed by atoms with Gasteiger partial charge in [-0.15, -0.1) is 0 Å². The lowest BCUT2D eigenvalue weighted by molar-refractivity contribution is -0.139. The average molecular weight is 349 g/mol. The largest absolute Gasteiger partial charge is 0.482 e. The van der Waals surface area contributed by atoms with Gasteiger partial charge < -0.3 is 14.6 Å². The number of carbonyl (C=O) groups is 2. The smallest absolute Gasteiger partial charge is 0.341 e. The maximum atomic E-state index is 13.8. The van der Waals surface area contributed by atoms with Crippen molar-refractivity contribution in [1.82, 2.24) is 0 Å². The monoisotopic (exact) mass is 348 g/mol. The van der Waals surface area contributed by atoms with E-state index in [2.05, 4.69) is 0 Å². The standard InChI is InChI=1S/C17H10ClFO5/c18-12-2-1-3-13(19)11(12)7-15-17(22)10-5-4-9(6-14(10)24-15)23-8-16(20)21/h1-7H,8H2,(H,20,21)/b15-7-. The molecule has 0 fully saturated rings. The molecule has 0 atom stereocenters. The van der Waals surface area contributed by atoms with Gasteiger partial charge in [0.2, 0.25) is 5.78 Å². The topological polar surface area (TPSA) is 72.8 Å². The normalized spacial score (nSPS) is 14.4. The Hall–Kier alpha value is -2.86. The van der Waals surface area contributed by atoms with Crippen LogP contribution in [0.25, 0.3) is 6.08 Å². The van der Waals surface area contributed by atoms with Crippen LogP contribution >= 0.6 is 11.6 Å². The molecular weight excluding hydrogens is 339 g/mol. The zero-order valence-electron chi connectivity index (χ0n) is 12.1. The highest BCUT2D eigenvalue weighted by molar-refractivity contribution is 6.32. The number of fused-ring (bicyclic) bond motifs is 1. The molecule has 1 heterocycles. The third-order valence-corrected chi connectivity index (χ3v) is 3.61. The molecule has 1 aliphatic rings. The quantitative estimate of drug-likeness (QED) is 0.855. The highest BCUT2D eigenvalue weighted by Crippen LogP contribution is 2.35. The van der Waals surface area contributed by atoms with Gasteiger partial charge in [0, 0.05) is 11.6 Å². The van der Waals surface area contributed by atoms with E-state index in [4.69, 9.17) is 26.2 Å². The molecule has 0 aromatic heterocycles. The minimum Gasteiger partial charge on any atom is -0.482 e. The van der Waals surface area contributed by atoms with Gasteiger partial charge in [0.1, 0.15) is 17.3 Å². The Kier molecular flexibility index (Phi) is 4.22. The fourth-order valence-electron chi connectivity index (χ4n) is 2.18. The molecule has 0 saturated carbocycles. The van der Waals surface area contributed by atoms with Crippen LogP contribution in [0.4, 0.5) is 4.39 Å². The predicted molar refractivity (Wildman–Crippen MR) is 83.9 cm³/mol. The van der Waals surface area contributed by atoms with Gasteiger partial charge in [0.25, 0.3) is 0 Å². The lowest BCUT2D eigenvalue weighted by atomic mass is 10.1. The van der Waals surface area contributed by atoms with Crippen LogP contribution in [0.3, 0.4) is 0 Å². The molecule has 0 amide bonds. The maximum absolute atomic E-state index is 13.8. The molecule has 122 valence electrons. The van der Waals surface area contributed by atoms with E-state index in [0.29, 0.717) is 0 Å². The van der Waals surface area contributed by atoms with E-state index in [1.54, 1.807) is 0 Å². The first kappa shape index (κ1) is 16.0. The number of carbonyl (C=O) groups excluding carboxylic acids is 1. The van der Waals surface area contributed by atoms with Crippen LogP contribution < -0.4 is 9.47 Å². The highest BCUT2D eigenvalue weighted by atomic mass is 35.5. The number of allylic oxidation sites excluding steroid dienone is 1. The van der Waals surface area contributed by atoms with Crippen molar-refractivity contribution in [2.24, 2.45) is 0 Å². The molecule has 2 aromatic carbocycles. The summed E-state index contributed by atoms with van der Waals surface area (Å²) in [6.45, 7) is -0.514. The van der Waals surface area contributed by atoms with Gasteiger partial charge in [-0.2, -0.15) is 0 Å². The number of carboxylic acid groups (broad SMARTS) is 1. The van der Waals surface area contributed by atoms with E-state index in [1.165, 1.54) is 42.5 Å². The molecule has 0 saturated heterocycles. The summed E-state index contributed by atoms with van der Waals surface area (Å²) < 4.78 is 24.3. The van der Waals surface area contributed by atoms with Crippen LogP contribution in [0, 0.1) is 5.82 Å². The average Bonchev–Trinajstić information content (AvgIpc) is 2.85. The van der Waals surface area contributed by atoms with Crippen molar-refractivity contribution in [3.05, 3.63) is 64.1 Å². The third-order valence-electron chi connectivity index (χ3n) is 3.28. The molecular formula is C17H10ClFO5. The number of rotatable bonds is 4. The molecule has 7 heteroatoms. The van der Waals surface area contributed by atoms with Crippen LogP contribution in [0.1, 0.15) is 15.9 Å². The molecule has 1 aliphatic heterocycles. The van der Waals surface area contributed by atoms with Crippen molar-refractivity contribution in [2.45, 2.75) is 0 Å². The number of halogens is 2. The summed E-state index contributed by atoms with van der Waals surface area (Å²) >= 11 is 5.94. The molecule has 5 nitrogen and oxygen atoms in total. The zero-order chi connectivity index (χ0) is 17.3. The van der Waals surface area contributed by atoms with Crippen molar-refractivity contribution >= 4 is 29.4 Å². The summed E-state index contributed by atoms with van der Waals surface area (Å²) in [7, 11) is 0. The number of hydrogen-bond acceptors (Lipinski definition) is 4. The van der Waals surface area contributed by atoms with Gasteiger partial charge in [-0.05, 0) is 30.3 Å². The zero-order valence-corrected chi connectivity index (χ0v) is 12.8. The summed E-state index contributed by atoms with van der Waals surface area (Å²) in [5.41, 5.74) is 0.328. The number of hydrogen-bond donors (Lipinski definition) is 1. The second-order valence-corrected chi connectivity index (χ2v) is 5.32. The third kappa shape index (κ3) is 3.09. The first-order chi connectivity index (χ1) is 11.5. The lowest BCUT2D eigenvalue weighted by Gasteiger charge is -2.04. The van der Waals surface area contributed by atoms with Gasteiger partial charge >= 0.3 is 5.97 Å². The van der Waals surface area contributed by atoms with E-state index in [1.807, 2.05) is 0 Å². The molecule has 1 N–H and O–H groups in total. The highest BCUT2D eigenvalue weighted by Gasteiger charge is 2.28. The van der Waals surface area contributed by atoms with E-state index in [-0.39, 0.29) is 33.4 Å². The van der Waals surface area contributed by atoms with Crippen LogP contribution in [-0.4, -0.2) is 23.5 Å². The summed E-state index contributed by atoms with van der Waals surface area (Å²) in [6, 6.07) is 8.50. The Morgan fingerprint density at radius 2 is 2.12 bits per heavy atom. The maximum Gasteiger partial charge on any atom is 0.341 e. The van der Waals surface area contributed by atoms with Crippen molar-refractivity contribution in [2.75, 3.05) is 6.61 Å². The molecule has 0 bridgehead atoms. The van der Waals surface area contributed by atoms with Crippen molar-refractivity contribution in [3.63, 3.8) is 0 Å². The van der Waals surface area contributed by atoms with Gasteiger partial charge in [-0.3, -0.25) is 4.79 Å². The molecule has 0 unspecified atom stereocenters. The van der Waals surface area contributed by atoms with Crippen molar-refractivity contribution < 1.29 is 28.6 Å². The van der Waals surface area contributed by atoms with E-state index < -0.39 is 24.2 Å². The molecule has 3 rings (SSSR count). The van der Waals surface area contributed by atoms with Gasteiger partial charge in [0.15, 0.2) is 12.4 Å². The van der Waals surface area contributed by atoms with Crippen molar-refractivity contribution in [1.29, 1.82) is 0 Å². The van der Waals surface area contributed by atoms with Crippen molar-refractivity contribution in [3.8, 4) is 11.5 Å². The summed E-state index contributed by atoms with van der Waals surface area (Å²) in [5.74, 6) is -1.74. The lowest BCUT2D eigenvalue weighted by Crippen LogP contribution is -2.09. The molecule has 0 radical (unpaired) electrons. The van der Waals surface area contributed by atoms with Crippen LogP contribution in [0.5, 0.6) is 11.5 Å². The fourth-order valence-corrected chi connectivity index (χ4v) is 2.40. The SMILES string of the molecule is O=C(O)COc1ccc2c(c1)O/C(=C\c1c(F)cccc1Cl)C2=O. The number of ketones is 1. The Balaban J connectivity index is 1.90. The fraction of sp³-hybridized carbons (Fsp3) is 0.0588. The number of ether oxygens (including phenoxy) is 2. The molecule has 24 heavy (non-hydrogen) atoms. The van der Waals surface area contributed by atoms with E-state index >= 15 is 0 Å². The summed E-state index contributed by atoms with van der Waals surface area (Å²) in [6.07, 6.45) is 1.23. The number of benzene rings is 2. The summed E-state index contributed by atoms with van der Waals surface area (Å²) in [4.78, 5) is 22.8. The van der Waals surface area contributed by atoms with Crippen LogP contribution in [-0.2, 0) is 4.79 Å². The predicted octanol–water partition coefficient (Wildman–Crippen LogP) is 3.56. The number of aliphatic carboxylic acids is 1. The Morgan fingerprint density at radius 3 is 2.83 bits per heavy atom. The number of carboxylic acids is 1. The van der Waals surface area contributed by atoms with Crippen LogP contribution in [0.15, 0.2) is 42.2 Å². The molecule has 0 spiro atoms. The minimum absolute atomic E-state index is 0.0534. The van der Waals surface area contributed by atoms with E-state index in [0.717, 1.165) is 0 Å². The van der Waals surface area contributed by atoms with Gasteiger partial charge in [-0.25, -0.2) is 9.18 Å². The molecule has 2 aromatic rings. The first-order valence-corrected chi connectivity index (χ1v) is 7.20. The Labute approximate surface area is 140 Å². The molecule has 0 aliphatic carbocycles. The van der Waals surface area contributed by atoms with Gasteiger partial charge in [-0.1, -0.05) is 17.7 Å². The Morgan fingerprint density at radius 1 is 1.33 bits per heavy atom. The van der Waals surface area contributed by atoms with E-state index in [9.17, 15) is 14.0 Å². The second-order valence-electron chi connectivity index (χ2n) is 4.92. The summed E-state index contributed by atoms with van der Waals surface area (Å²) in [5, 5.41) is 8.75. The second kappa shape index (κ2) is 6.33. The van der Waals surface area contributed by atoms with Crippen LogP contribution in [0.2, 0.25) is 5.02 Å². The number of Topliss-reactive ketones (excluding diaryl/α,β-unsaturated/α-hetero) is 1. The van der Waals surface area contributed by atoms with Gasteiger partial charge in [0.05, 0.1) is 10.6 Å². The Bertz CT molecular complexity index is 855. The minimum atomic E-state index is -1.12.